The molecular formula is C8H13ClNO2S-. The third-order valence-corrected chi connectivity index (χ3v) is 3.90. The van der Waals surface area contributed by atoms with E-state index in [1.807, 2.05) is 6.08 Å². The van der Waals surface area contributed by atoms with E-state index in [1.165, 1.54) is 18.2 Å². The van der Waals surface area contributed by atoms with Crippen molar-refractivity contribution in [2.24, 2.45) is 0 Å². The molecule has 0 saturated carbocycles. The third-order valence-electron chi connectivity index (χ3n) is 2.52. The smallest absolute Gasteiger partial charge is 0.173 e. The number of hydrogen-bond acceptors (Lipinski definition) is 3. The second kappa shape index (κ2) is 3.98. The Bertz CT molecular complexity index is 293. The highest BCUT2D eigenvalue weighted by Crippen LogP contribution is 2.19. The Balaban J connectivity index is 0.000000845. The molecule has 0 bridgehead atoms. The average molecular weight is 223 g/mol. The lowest BCUT2D eigenvalue weighted by molar-refractivity contribution is -0.00000493. The number of halogens is 1. The fourth-order valence-electron chi connectivity index (χ4n) is 1.86. The van der Waals surface area contributed by atoms with E-state index >= 15 is 0 Å². The highest BCUT2D eigenvalue weighted by atomic mass is 35.5. The van der Waals surface area contributed by atoms with E-state index in [1.54, 1.807) is 0 Å². The minimum absolute atomic E-state index is 0. The summed E-state index contributed by atoms with van der Waals surface area (Å²) >= 11 is 0. The number of rotatable bonds is 1. The van der Waals surface area contributed by atoms with Gasteiger partial charge in [-0.1, -0.05) is 6.08 Å². The third kappa shape index (κ3) is 2.45. The minimum Gasteiger partial charge on any atom is -1.00 e. The summed E-state index contributed by atoms with van der Waals surface area (Å²) in [6.45, 7) is 2.12. The molecule has 0 aromatic rings. The van der Waals surface area contributed by atoms with Crippen LogP contribution in [0.5, 0.6) is 0 Å². The Morgan fingerprint density at radius 1 is 1.23 bits per heavy atom. The van der Waals surface area contributed by atoms with Gasteiger partial charge in [0, 0.05) is 11.4 Å². The second-order valence-electron chi connectivity index (χ2n) is 3.47. The molecule has 1 unspecified atom stereocenters. The summed E-state index contributed by atoms with van der Waals surface area (Å²) in [5, 5.41) is 1.36. The molecule has 1 saturated heterocycles. The van der Waals surface area contributed by atoms with Gasteiger partial charge in [-0.05, 0) is 25.9 Å². The van der Waals surface area contributed by atoms with Gasteiger partial charge in [-0.15, -0.1) is 0 Å². The first-order chi connectivity index (χ1) is 5.67. The van der Waals surface area contributed by atoms with Gasteiger partial charge in [-0.3, -0.25) is 4.90 Å². The van der Waals surface area contributed by atoms with Crippen LogP contribution >= 0.6 is 0 Å². The quantitative estimate of drug-likeness (QED) is 0.488. The van der Waals surface area contributed by atoms with Crippen LogP contribution in [0.25, 0.3) is 0 Å². The lowest BCUT2D eigenvalue weighted by Gasteiger charge is -2.20. The molecule has 2 rings (SSSR count). The van der Waals surface area contributed by atoms with E-state index < -0.39 is 9.84 Å². The molecule has 76 valence electrons. The van der Waals surface area contributed by atoms with Crippen molar-refractivity contribution in [1.29, 1.82) is 0 Å². The molecule has 0 aromatic heterocycles. The second-order valence-corrected chi connectivity index (χ2v) is 5.40. The standard InChI is InChI=1S/C8H13NO2S.ClH/c10-12(11)6-3-8(7-12)9-4-1-2-5-9;/h3,6,8H,1-2,4-5,7H2;1H/p-1. The molecule has 2 aliphatic rings. The first-order valence-corrected chi connectivity index (χ1v) is 6.04. The summed E-state index contributed by atoms with van der Waals surface area (Å²) in [5.41, 5.74) is 0. The fourth-order valence-corrected chi connectivity index (χ4v) is 3.19. The minimum atomic E-state index is -2.86. The predicted molar refractivity (Wildman–Crippen MR) is 47.5 cm³/mol. The van der Waals surface area contributed by atoms with Crippen LogP contribution in [0.4, 0.5) is 0 Å². The van der Waals surface area contributed by atoms with Crippen LogP contribution in [0.3, 0.4) is 0 Å². The van der Waals surface area contributed by atoms with Gasteiger partial charge in [-0.2, -0.15) is 0 Å². The Hall–Kier alpha value is -0.0600. The van der Waals surface area contributed by atoms with Crippen molar-refractivity contribution < 1.29 is 20.8 Å². The Kier molecular flexibility index (Phi) is 3.38. The van der Waals surface area contributed by atoms with Crippen LogP contribution in [-0.2, 0) is 9.84 Å². The molecule has 0 radical (unpaired) electrons. The van der Waals surface area contributed by atoms with Crippen LogP contribution < -0.4 is 12.4 Å². The molecule has 13 heavy (non-hydrogen) atoms. The maximum absolute atomic E-state index is 11.1. The predicted octanol–water partition coefficient (Wildman–Crippen LogP) is -2.60. The van der Waals surface area contributed by atoms with Gasteiger partial charge in [-0.25, -0.2) is 8.42 Å². The van der Waals surface area contributed by atoms with E-state index in [4.69, 9.17) is 0 Å². The van der Waals surface area contributed by atoms with E-state index in [2.05, 4.69) is 4.90 Å². The lowest BCUT2D eigenvalue weighted by Crippen LogP contribution is -3.00. The Morgan fingerprint density at radius 3 is 2.31 bits per heavy atom. The first kappa shape index (κ1) is 11.0. The van der Waals surface area contributed by atoms with Crippen molar-refractivity contribution in [2.75, 3.05) is 18.8 Å². The Morgan fingerprint density at radius 2 is 1.85 bits per heavy atom. The summed E-state index contributed by atoms with van der Waals surface area (Å²) in [6.07, 6.45) is 4.25. The number of nitrogens with zero attached hydrogens (tertiary/aromatic N) is 1. The van der Waals surface area contributed by atoms with Crippen molar-refractivity contribution in [1.82, 2.24) is 4.90 Å². The number of hydrogen-bond donors (Lipinski definition) is 0. The lowest BCUT2D eigenvalue weighted by atomic mass is 10.3. The molecule has 0 aliphatic carbocycles. The van der Waals surface area contributed by atoms with Crippen molar-refractivity contribution in [3.8, 4) is 0 Å². The molecule has 2 heterocycles. The van der Waals surface area contributed by atoms with Crippen molar-refractivity contribution >= 4 is 9.84 Å². The van der Waals surface area contributed by atoms with Crippen LogP contribution in [0.15, 0.2) is 11.5 Å². The average Bonchev–Trinajstić information content (AvgIpc) is 2.55. The molecule has 0 spiro atoms. The topological polar surface area (TPSA) is 37.4 Å². The molecule has 0 N–H and O–H groups in total. The molecular weight excluding hydrogens is 210 g/mol. The normalized spacial score (nSPS) is 31.8. The van der Waals surface area contributed by atoms with Crippen molar-refractivity contribution in [2.45, 2.75) is 18.9 Å². The SMILES string of the molecule is O=S1(=O)C=CC(N2CCCC2)C1.[Cl-]. The Labute approximate surface area is 85.1 Å². The van der Waals surface area contributed by atoms with E-state index in [-0.39, 0.29) is 18.4 Å². The van der Waals surface area contributed by atoms with Gasteiger partial charge in [0.05, 0.1) is 5.75 Å². The zero-order valence-corrected chi connectivity index (χ0v) is 8.89. The summed E-state index contributed by atoms with van der Waals surface area (Å²) in [4.78, 5) is 2.25. The van der Waals surface area contributed by atoms with E-state index in [0.29, 0.717) is 5.75 Å². The van der Waals surface area contributed by atoms with Gasteiger partial charge in [0.2, 0.25) is 0 Å². The molecule has 3 nitrogen and oxygen atoms in total. The fraction of sp³-hybridized carbons (Fsp3) is 0.750. The molecule has 0 aromatic carbocycles. The van der Waals surface area contributed by atoms with Crippen LogP contribution in [0.1, 0.15) is 12.8 Å². The zero-order valence-electron chi connectivity index (χ0n) is 7.32. The van der Waals surface area contributed by atoms with Gasteiger partial charge in [0.1, 0.15) is 0 Å². The van der Waals surface area contributed by atoms with Crippen molar-refractivity contribution in [3.63, 3.8) is 0 Å². The number of likely N-dealkylation sites (tertiary alicyclic amines) is 1. The molecule has 1 fully saturated rings. The molecule has 0 amide bonds. The first-order valence-electron chi connectivity index (χ1n) is 4.32. The van der Waals surface area contributed by atoms with Crippen molar-refractivity contribution in [3.05, 3.63) is 11.5 Å². The number of sulfone groups is 1. The van der Waals surface area contributed by atoms with Gasteiger partial charge in [0.15, 0.2) is 9.84 Å². The van der Waals surface area contributed by atoms with E-state index in [9.17, 15) is 8.42 Å². The van der Waals surface area contributed by atoms with Gasteiger partial charge < -0.3 is 12.4 Å². The highest BCUT2D eigenvalue weighted by Gasteiger charge is 2.28. The summed E-state index contributed by atoms with van der Waals surface area (Å²) in [7, 11) is -2.86. The van der Waals surface area contributed by atoms with Crippen LogP contribution in [-0.4, -0.2) is 38.2 Å². The monoisotopic (exact) mass is 222 g/mol. The molecule has 1 atom stereocenters. The van der Waals surface area contributed by atoms with Gasteiger partial charge >= 0.3 is 0 Å². The van der Waals surface area contributed by atoms with Gasteiger partial charge in [0.25, 0.3) is 0 Å². The van der Waals surface area contributed by atoms with Crippen LogP contribution in [0.2, 0.25) is 0 Å². The van der Waals surface area contributed by atoms with E-state index in [0.717, 1.165) is 13.1 Å². The summed E-state index contributed by atoms with van der Waals surface area (Å²) < 4.78 is 22.2. The largest absolute Gasteiger partial charge is 1.00 e. The zero-order chi connectivity index (χ0) is 8.60. The molecule has 5 heteroatoms. The van der Waals surface area contributed by atoms with Crippen LogP contribution in [0, 0.1) is 0 Å². The summed E-state index contributed by atoms with van der Waals surface area (Å²) in [5.74, 6) is 0.299. The molecule has 2 aliphatic heterocycles. The highest BCUT2D eigenvalue weighted by molar-refractivity contribution is 7.94. The maximum atomic E-state index is 11.1. The maximum Gasteiger partial charge on any atom is 0.173 e. The summed E-state index contributed by atoms with van der Waals surface area (Å²) in [6, 6.07) is 0.164.